The van der Waals surface area contributed by atoms with Gasteiger partial charge in [-0.2, -0.15) is 25.3 Å². The zero-order valence-electron chi connectivity index (χ0n) is 60.5. The molecule has 0 aliphatic carbocycles. The molecule has 0 unspecified atom stereocenters. The Kier molecular flexibility index (Phi) is 45.4. The summed E-state index contributed by atoms with van der Waals surface area (Å²) < 4.78 is 0. The van der Waals surface area contributed by atoms with Crippen molar-refractivity contribution in [1.29, 1.82) is 0 Å². The summed E-state index contributed by atoms with van der Waals surface area (Å²) in [5, 5.41) is 75.0. The van der Waals surface area contributed by atoms with Crippen LogP contribution in [-0.4, -0.2) is 262 Å². The number of nitrogens with two attached hydrogens (primary N) is 4. The van der Waals surface area contributed by atoms with Crippen LogP contribution in [0.15, 0.2) is 0 Å². The molecule has 15 atom stereocenters. The summed E-state index contributed by atoms with van der Waals surface area (Å²) in [6.07, 6.45) is -1.86. The van der Waals surface area contributed by atoms with Gasteiger partial charge < -0.3 is 123 Å². The molecule has 105 heavy (non-hydrogen) atoms. The van der Waals surface area contributed by atoms with Crippen molar-refractivity contribution in [3.05, 3.63) is 0 Å². The number of primary amides is 2. The molecule has 0 aromatic carbocycles. The number of rotatable bonds is 51. The lowest BCUT2D eigenvalue weighted by Gasteiger charge is -2.28. The molecule has 41 nitrogen and oxygen atoms in total. The van der Waals surface area contributed by atoms with Gasteiger partial charge in [-0.15, -0.1) is 0 Å². The second-order valence-electron chi connectivity index (χ2n) is 25.9. The van der Waals surface area contributed by atoms with Gasteiger partial charge in [-0.25, -0.2) is 4.79 Å². The molecule has 0 spiro atoms. The van der Waals surface area contributed by atoms with Crippen molar-refractivity contribution >= 4 is 132 Å². The van der Waals surface area contributed by atoms with Crippen molar-refractivity contribution in [2.75, 3.05) is 44.4 Å². The molecule has 0 fully saturated rings. The maximum atomic E-state index is 13.7. The third-order valence-electron chi connectivity index (χ3n) is 15.3. The Hall–Kier alpha value is -9.04. The quantitative estimate of drug-likeness (QED) is 0.0199. The number of thiol groups is 2. The average molecular weight is 1540 g/mol. The first-order valence-corrected chi connectivity index (χ1v) is 35.1. The van der Waals surface area contributed by atoms with Crippen LogP contribution in [0.25, 0.3) is 0 Å². The van der Waals surface area contributed by atoms with Crippen LogP contribution in [0.1, 0.15) is 127 Å². The van der Waals surface area contributed by atoms with Crippen molar-refractivity contribution in [2.45, 2.75) is 218 Å². The molecule has 0 saturated heterocycles. The highest BCUT2D eigenvalue weighted by atomic mass is 32.1. The smallest absolute Gasteiger partial charge is 0.326 e. The normalized spacial score (nSPS) is 15.4. The van der Waals surface area contributed by atoms with Crippen LogP contribution in [0.4, 0.5) is 0 Å². The largest absolute Gasteiger partial charge is 0.480 e. The van der Waals surface area contributed by atoms with Crippen molar-refractivity contribution in [3.8, 4) is 0 Å². The summed E-state index contributed by atoms with van der Waals surface area (Å²) in [6, 6.07) is -20.8. The number of carboxylic acid groups (broad SMARTS) is 1. The van der Waals surface area contributed by atoms with Gasteiger partial charge in [0.25, 0.3) is 0 Å². The van der Waals surface area contributed by atoms with E-state index >= 15 is 0 Å². The molecule has 0 radical (unpaired) electrons. The number of carboxylic acids is 1. The molecule has 27 N–H and O–H groups in total. The first-order chi connectivity index (χ1) is 49.0. The van der Waals surface area contributed by atoms with E-state index in [1.165, 1.54) is 34.6 Å². The fraction of sp³-hybridized carbons (Fsp3) is 0.710. The number of hydrogen-bond donors (Lipinski definition) is 25. The predicted octanol–water partition coefficient (Wildman–Crippen LogP) is -10.4. The Morgan fingerprint density at radius 3 is 1.18 bits per heavy atom. The van der Waals surface area contributed by atoms with E-state index in [4.69, 9.17) is 22.9 Å². The topological polar surface area (TPSA) is 673 Å². The van der Waals surface area contributed by atoms with Crippen molar-refractivity contribution in [1.82, 2.24) is 79.8 Å². The number of unbranched alkanes of at least 4 members (excludes halogenated alkanes) is 1. The minimum atomic E-state index is -1.85. The Labute approximate surface area is 618 Å². The van der Waals surface area contributed by atoms with Crippen LogP contribution < -0.4 is 103 Å². The van der Waals surface area contributed by atoms with Crippen LogP contribution in [0.2, 0.25) is 0 Å². The Morgan fingerprint density at radius 1 is 0.371 bits per heavy atom. The minimum absolute atomic E-state index is 0.00443. The summed E-state index contributed by atoms with van der Waals surface area (Å²) in [5.41, 5.74) is 21.9. The molecule has 0 heterocycles. The van der Waals surface area contributed by atoms with Crippen LogP contribution in [0, 0.1) is 17.8 Å². The van der Waals surface area contributed by atoms with Crippen LogP contribution >= 0.6 is 25.3 Å². The molecule has 43 heteroatoms. The lowest BCUT2D eigenvalue weighted by molar-refractivity contribution is -0.142. The molecule has 0 aromatic rings. The molecular weight excluding hydrogens is 1430 g/mol. The summed E-state index contributed by atoms with van der Waals surface area (Å²) in [4.78, 5) is 234. The molecule has 17 amide bonds. The predicted molar refractivity (Wildman–Crippen MR) is 381 cm³/mol. The fourth-order valence-electron chi connectivity index (χ4n) is 9.31. The third kappa shape index (κ3) is 37.5. The van der Waals surface area contributed by atoms with Crippen LogP contribution in [-0.2, 0) is 86.3 Å². The van der Waals surface area contributed by atoms with Crippen molar-refractivity contribution in [3.63, 3.8) is 0 Å². The monoisotopic (exact) mass is 1540 g/mol. The molecule has 596 valence electrons. The summed E-state index contributed by atoms with van der Waals surface area (Å²) in [6.45, 7) is 11.4. The van der Waals surface area contributed by atoms with Gasteiger partial charge in [0.05, 0.1) is 38.4 Å². The van der Waals surface area contributed by atoms with E-state index in [0.29, 0.717) is 12.8 Å². The molecule has 0 aromatic heterocycles. The van der Waals surface area contributed by atoms with Gasteiger partial charge in [0.15, 0.2) is 0 Å². The fourth-order valence-corrected chi connectivity index (χ4v) is 9.83. The van der Waals surface area contributed by atoms with Crippen molar-refractivity contribution in [2.24, 2.45) is 40.7 Å². The number of hydrogen-bond acceptors (Lipinski definition) is 25. The van der Waals surface area contributed by atoms with E-state index in [2.05, 4.69) is 105 Å². The molecular formula is C62H109N19O22S2. The molecule has 0 aliphatic rings. The Balaban J connectivity index is 5.72. The third-order valence-corrected chi connectivity index (χ3v) is 16.0. The molecule has 0 saturated carbocycles. The maximum absolute atomic E-state index is 13.7. The zero-order valence-corrected chi connectivity index (χ0v) is 62.3. The first-order valence-electron chi connectivity index (χ1n) is 33.8. The lowest BCUT2D eigenvalue weighted by Crippen LogP contribution is -2.62. The molecule has 0 aliphatic heterocycles. The van der Waals surface area contributed by atoms with Gasteiger partial charge >= 0.3 is 5.97 Å². The van der Waals surface area contributed by atoms with Gasteiger partial charge in [0.2, 0.25) is 100 Å². The second-order valence-corrected chi connectivity index (χ2v) is 26.6. The van der Waals surface area contributed by atoms with E-state index in [0.717, 1.165) is 6.92 Å². The standard InChI is InChI=1S/C62H109N19O22S2/c1-27(2)19-34(64)52(92)75-35(14-16-43(65)85)53(93)68-22-45(87)72-38(20-28(3)4)55(95)80-47(29(5)6)60(100)77-40(24-83)56(96)70-31(8)50(90)69-30(7)49(89)67-21-46(88)73-39(23-82)57(97)78-42(26-105)59(99)81-48(33(10)84)61(101)79-41(25-104)58(98)71-32(9)51(91)74-36(15-17-44(66)86)54(94)76-37(62(102)103)13-11-12-18-63/h27-42,47-48,82-84,104-105H,11-26,63-64H2,1-10H3,(H2,65,85)(H2,66,86)(H,67,89)(H,68,93)(H,69,90)(H,70,96)(H,71,98)(H,72,87)(H,73,88)(H,74,91)(H,75,92)(H,76,94)(H,77,100)(H,78,97)(H,79,101)(H,80,95)(H,81,99)(H,102,103)/t30-,31-,32-,33+,34-,35-,36-,37-,38-,39-,40-,41-,42-,47-,48-/m0/s1. The lowest BCUT2D eigenvalue weighted by atomic mass is 9.99. The number of carbonyl (C=O) groups is 18. The number of aliphatic carboxylic acids is 1. The maximum Gasteiger partial charge on any atom is 0.326 e. The zero-order chi connectivity index (χ0) is 80.7. The van der Waals surface area contributed by atoms with Gasteiger partial charge in [0, 0.05) is 24.3 Å². The van der Waals surface area contributed by atoms with E-state index in [1.54, 1.807) is 13.8 Å². The highest BCUT2D eigenvalue weighted by Crippen LogP contribution is 2.11. The van der Waals surface area contributed by atoms with Crippen molar-refractivity contribution < 1.29 is 107 Å². The number of aliphatic hydroxyl groups is 3. The molecule has 0 rings (SSSR count). The van der Waals surface area contributed by atoms with Crippen LogP contribution in [0.5, 0.6) is 0 Å². The first kappa shape index (κ1) is 96.0. The molecule has 0 bridgehead atoms. The Bertz CT molecular complexity index is 3010. The number of carbonyl (C=O) groups excluding carboxylic acids is 17. The summed E-state index contributed by atoms with van der Waals surface area (Å²) >= 11 is 8.14. The SMILES string of the molecule is CC(C)C[C@H](NC(=O)CNC(=O)[C@H](CCC(N)=O)NC(=O)[C@@H](N)CC(C)C)C(=O)N[C@H](C(=O)N[C@@H](CO)C(=O)N[C@@H](C)C(=O)N[C@@H](C)C(=O)NCC(=O)N[C@@H](CO)C(=O)N[C@@H](CS)C(=O)N[C@H](C(=O)N[C@@H](CS)C(=O)N[C@@H](C)C(=O)N[C@@H](CCC(N)=O)C(=O)N[C@@H](CCCCN)C(=O)O)[C@@H](C)O)C(C)C. The second kappa shape index (κ2) is 49.6. The van der Waals surface area contributed by atoms with E-state index in [1.807, 2.05) is 13.8 Å². The van der Waals surface area contributed by atoms with Gasteiger partial charge in [-0.3, -0.25) is 81.5 Å². The number of aliphatic hydroxyl groups excluding tert-OH is 3. The van der Waals surface area contributed by atoms with Crippen LogP contribution in [0.3, 0.4) is 0 Å². The van der Waals surface area contributed by atoms with E-state index < -0.39 is 247 Å². The van der Waals surface area contributed by atoms with E-state index in [9.17, 15) is 107 Å². The highest BCUT2D eigenvalue weighted by Gasteiger charge is 2.37. The number of amides is 17. The van der Waals surface area contributed by atoms with Gasteiger partial charge in [-0.1, -0.05) is 41.5 Å². The van der Waals surface area contributed by atoms with Gasteiger partial charge in [0.1, 0.15) is 78.5 Å². The summed E-state index contributed by atoms with van der Waals surface area (Å²) in [7, 11) is 0. The van der Waals surface area contributed by atoms with E-state index in [-0.39, 0.29) is 56.9 Å². The Morgan fingerprint density at radius 2 is 0.724 bits per heavy atom. The highest BCUT2D eigenvalue weighted by molar-refractivity contribution is 7.80. The number of nitrogens with one attached hydrogen (secondary N) is 15. The average Bonchev–Trinajstić information content (AvgIpc) is 0.865. The van der Waals surface area contributed by atoms with Gasteiger partial charge in [-0.05, 0) is 96.9 Å². The summed E-state index contributed by atoms with van der Waals surface area (Å²) in [5.74, 6) is -19.7. The minimum Gasteiger partial charge on any atom is -0.480 e.